The number of hydrazone groups is 1. The number of nitrogens with zero attached hydrogens (tertiary/aromatic N) is 4. The number of aryl methyl sites for hydroxylation is 1. The van der Waals surface area contributed by atoms with Crippen LogP contribution in [0.15, 0.2) is 53.1 Å². The molecule has 5 nitrogen and oxygen atoms in total. The summed E-state index contributed by atoms with van der Waals surface area (Å²) in [5.41, 5.74) is 8.93. The van der Waals surface area contributed by atoms with Crippen molar-refractivity contribution in [1.29, 1.82) is 5.26 Å². The maximum Gasteiger partial charge on any atom is 0.139 e. The Balaban J connectivity index is 1.56. The van der Waals surface area contributed by atoms with E-state index in [-0.39, 0.29) is 0 Å². The van der Waals surface area contributed by atoms with Gasteiger partial charge in [0, 0.05) is 50.3 Å². The second kappa shape index (κ2) is 13.3. The first-order valence-electron chi connectivity index (χ1n) is 14.8. The molecule has 1 saturated heterocycles. The lowest BCUT2D eigenvalue weighted by Crippen LogP contribution is -2.39. The highest BCUT2D eigenvalue weighted by Gasteiger charge is 2.37. The van der Waals surface area contributed by atoms with Gasteiger partial charge < -0.3 is 4.90 Å². The van der Waals surface area contributed by atoms with Crippen molar-refractivity contribution in [3.8, 4) is 6.07 Å². The van der Waals surface area contributed by atoms with Crippen molar-refractivity contribution in [2.75, 3.05) is 13.1 Å². The molecule has 0 radical (unpaired) electrons. The highest BCUT2D eigenvalue weighted by molar-refractivity contribution is 5.82. The molecule has 4 rings (SSSR count). The molecule has 1 aliphatic heterocycles. The van der Waals surface area contributed by atoms with Crippen molar-refractivity contribution in [1.82, 2.24) is 10.3 Å². The third-order valence-electron chi connectivity index (χ3n) is 8.68. The molecule has 6 heteroatoms. The van der Waals surface area contributed by atoms with Gasteiger partial charge in [0.05, 0.1) is 18.2 Å². The SMILES string of the molecule is C=NNC(CCC(C)C)=NCc1cc(C(=C)N2CCC(F)(c3ccc(C#N)cc3)CC2)c(CC)cc1C1CCC1. The van der Waals surface area contributed by atoms with Crippen molar-refractivity contribution in [2.45, 2.75) is 90.3 Å². The molecule has 0 unspecified atom stereocenters. The summed E-state index contributed by atoms with van der Waals surface area (Å²) in [5.74, 6) is 2.06. The van der Waals surface area contributed by atoms with Crippen LogP contribution in [0.25, 0.3) is 5.70 Å². The molecule has 0 spiro atoms. The molecule has 2 fully saturated rings. The van der Waals surface area contributed by atoms with Gasteiger partial charge in [-0.3, -0.25) is 10.4 Å². The fourth-order valence-corrected chi connectivity index (χ4v) is 5.81. The maximum atomic E-state index is 16.0. The number of hydrogen-bond donors (Lipinski definition) is 1. The number of rotatable bonds is 11. The Kier molecular flexibility index (Phi) is 9.79. The summed E-state index contributed by atoms with van der Waals surface area (Å²) in [7, 11) is 0. The van der Waals surface area contributed by atoms with Gasteiger partial charge in [0.25, 0.3) is 0 Å². The van der Waals surface area contributed by atoms with Gasteiger partial charge in [-0.2, -0.15) is 10.4 Å². The average molecular weight is 542 g/mol. The fraction of sp³-hybridized carbons (Fsp3) is 0.500. The normalized spacial score (nSPS) is 17.3. The van der Waals surface area contributed by atoms with E-state index >= 15 is 4.39 Å². The van der Waals surface area contributed by atoms with E-state index in [2.05, 4.69) is 67.7 Å². The van der Waals surface area contributed by atoms with E-state index in [0.717, 1.165) is 36.4 Å². The molecular weight excluding hydrogens is 497 g/mol. The molecule has 40 heavy (non-hydrogen) atoms. The standard InChI is InChI=1S/C34H44FN5/c1-6-27-20-32(28-8-7-9-28)29(23-38-33(39-37-5)15-10-24(2)3)21-31(27)25(4)40-18-16-34(35,17-19-40)30-13-11-26(22-36)12-14-30/h11-14,20-21,24,28H,4-10,15-19,23H2,1-3H3,(H,38,39). The highest BCUT2D eigenvalue weighted by Crippen LogP contribution is 2.42. The number of halogens is 1. The zero-order valence-corrected chi connectivity index (χ0v) is 24.5. The largest absolute Gasteiger partial charge is 0.371 e. The van der Waals surface area contributed by atoms with Gasteiger partial charge in [0.1, 0.15) is 11.5 Å². The molecule has 2 aromatic carbocycles. The highest BCUT2D eigenvalue weighted by atomic mass is 19.1. The lowest BCUT2D eigenvalue weighted by atomic mass is 9.76. The Morgan fingerprint density at radius 1 is 1.18 bits per heavy atom. The van der Waals surface area contributed by atoms with Gasteiger partial charge in [-0.15, -0.1) is 0 Å². The van der Waals surface area contributed by atoms with Gasteiger partial charge >= 0.3 is 0 Å². The first kappa shape index (κ1) is 29.5. The molecule has 2 aliphatic rings. The number of benzene rings is 2. The molecule has 2 aromatic rings. The van der Waals surface area contributed by atoms with E-state index in [1.54, 1.807) is 24.3 Å². The topological polar surface area (TPSA) is 63.8 Å². The number of amidine groups is 1. The van der Waals surface area contributed by atoms with Crippen molar-refractivity contribution < 1.29 is 4.39 Å². The van der Waals surface area contributed by atoms with Gasteiger partial charge in [0.2, 0.25) is 0 Å². The summed E-state index contributed by atoms with van der Waals surface area (Å²) < 4.78 is 16.0. The number of nitriles is 1. The van der Waals surface area contributed by atoms with Crippen LogP contribution in [0.2, 0.25) is 0 Å². The molecule has 1 aliphatic carbocycles. The molecule has 1 heterocycles. The van der Waals surface area contributed by atoms with Crippen molar-refractivity contribution >= 4 is 18.3 Å². The lowest BCUT2D eigenvalue weighted by molar-refractivity contribution is 0.0794. The Bertz CT molecular complexity index is 1260. The quantitative estimate of drug-likeness (QED) is 0.179. The summed E-state index contributed by atoms with van der Waals surface area (Å²) >= 11 is 0. The number of aliphatic imine (C=N–C) groups is 1. The van der Waals surface area contributed by atoms with Gasteiger partial charge in [-0.1, -0.05) is 52.0 Å². The predicted molar refractivity (Wildman–Crippen MR) is 164 cm³/mol. The smallest absolute Gasteiger partial charge is 0.139 e. The zero-order chi connectivity index (χ0) is 28.7. The predicted octanol–water partition coefficient (Wildman–Crippen LogP) is 7.86. The molecule has 0 amide bonds. The first-order chi connectivity index (χ1) is 19.3. The Hall–Kier alpha value is -3.46. The molecule has 1 N–H and O–H groups in total. The van der Waals surface area contributed by atoms with Crippen LogP contribution in [0.4, 0.5) is 4.39 Å². The van der Waals surface area contributed by atoms with Crippen molar-refractivity contribution in [3.63, 3.8) is 0 Å². The minimum absolute atomic E-state index is 0.399. The summed E-state index contributed by atoms with van der Waals surface area (Å²) in [6.07, 6.45) is 7.35. The van der Waals surface area contributed by atoms with Crippen LogP contribution >= 0.6 is 0 Å². The summed E-state index contributed by atoms with van der Waals surface area (Å²) in [4.78, 5) is 7.19. The van der Waals surface area contributed by atoms with E-state index in [4.69, 9.17) is 10.3 Å². The van der Waals surface area contributed by atoms with E-state index in [1.807, 2.05) is 0 Å². The second-order valence-electron chi connectivity index (χ2n) is 11.7. The van der Waals surface area contributed by atoms with Crippen LogP contribution in [0.1, 0.15) is 105 Å². The third kappa shape index (κ3) is 6.81. The number of alkyl halides is 1. The van der Waals surface area contributed by atoms with E-state index in [1.165, 1.54) is 36.0 Å². The van der Waals surface area contributed by atoms with Crippen molar-refractivity contribution in [3.05, 3.63) is 76.4 Å². The zero-order valence-electron chi connectivity index (χ0n) is 24.5. The number of piperidine rings is 1. The van der Waals surface area contributed by atoms with E-state index < -0.39 is 5.67 Å². The van der Waals surface area contributed by atoms with Crippen LogP contribution in [-0.4, -0.2) is 30.5 Å². The third-order valence-corrected chi connectivity index (χ3v) is 8.68. The Labute approximate surface area is 239 Å². The number of likely N-dealkylation sites (tertiary alicyclic amines) is 1. The van der Waals surface area contributed by atoms with Crippen LogP contribution in [0, 0.1) is 17.2 Å². The number of hydrogen-bond acceptors (Lipinski definition) is 4. The van der Waals surface area contributed by atoms with E-state index in [0.29, 0.717) is 55.4 Å². The van der Waals surface area contributed by atoms with E-state index in [9.17, 15) is 0 Å². The van der Waals surface area contributed by atoms with Gasteiger partial charge in [0.15, 0.2) is 0 Å². The molecular formula is C34H44FN5. The maximum absolute atomic E-state index is 16.0. The fourth-order valence-electron chi connectivity index (χ4n) is 5.81. The minimum atomic E-state index is -1.38. The summed E-state index contributed by atoms with van der Waals surface area (Å²) in [6.45, 7) is 16.6. The average Bonchev–Trinajstić information content (AvgIpc) is 2.93. The Morgan fingerprint density at radius 3 is 2.42 bits per heavy atom. The van der Waals surface area contributed by atoms with Crippen LogP contribution in [0.3, 0.4) is 0 Å². The monoisotopic (exact) mass is 541 g/mol. The van der Waals surface area contributed by atoms with Crippen LogP contribution in [-0.2, 0) is 18.6 Å². The molecule has 0 aromatic heterocycles. The summed E-state index contributed by atoms with van der Waals surface area (Å²) in [6, 6.07) is 13.7. The van der Waals surface area contributed by atoms with Gasteiger partial charge in [-0.05, 0) is 78.0 Å². The second-order valence-corrected chi connectivity index (χ2v) is 11.7. The minimum Gasteiger partial charge on any atom is -0.371 e. The number of nitrogens with one attached hydrogen (secondary N) is 1. The molecule has 1 saturated carbocycles. The van der Waals surface area contributed by atoms with Crippen molar-refractivity contribution in [2.24, 2.45) is 16.0 Å². The molecule has 0 atom stereocenters. The Morgan fingerprint density at radius 2 is 1.88 bits per heavy atom. The molecule has 0 bridgehead atoms. The first-order valence-corrected chi connectivity index (χ1v) is 14.8. The van der Waals surface area contributed by atoms with Gasteiger partial charge in [-0.25, -0.2) is 4.39 Å². The lowest BCUT2D eigenvalue weighted by Gasteiger charge is -2.39. The summed E-state index contributed by atoms with van der Waals surface area (Å²) in [5, 5.41) is 13.0. The molecule has 212 valence electrons. The van der Waals surface area contributed by atoms with Crippen LogP contribution in [0.5, 0.6) is 0 Å². The van der Waals surface area contributed by atoms with Crippen LogP contribution < -0.4 is 5.43 Å².